The average Bonchev–Trinajstić information content (AvgIpc) is 2.36. The molecule has 106 valence electrons. The molecule has 0 spiro atoms. The molecule has 0 unspecified atom stereocenters. The topological polar surface area (TPSA) is 58.2 Å². The Morgan fingerprint density at radius 1 is 1.32 bits per heavy atom. The van der Waals surface area contributed by atoms with Gasteiger partial charge in [-0.15, -0.1) is 0 Å². The van der Waals surface area contributed by atoms with Crippen LogP contribution in [0.25, 0.3) is 0 Å². The van der Waals surface area contributed by atoms with Gasteiger partial charge in [0.25, 0.3) is 0 Å². The smallest absolute Gasteiger partial charge is 0.232 e. The second-order valence-electron chi connectivity index (χ2n) is 5.51. The van der Waals surface area contributed by atoms with E-state index in [4.69, 9.17) is 0 Å². The first-order valence-electron chi connectivity index (χ1n) is 6.79. The Hall–Kier alpha value is -1.07. The van der Waals surface area contributed by atoms with Crippen molar-refractivity contribution in [2.75, 3.05) is 17.0 Å². The average molecular weight is 282 g/mol. The molecular formula is C14H22N2O2S. The summed E-state index contributed by atoms with van der Waals surface area (Å²) in [6.45, 7) is 5.86. The third-order valence-electron chi connectivity index (χ3n) is 3.33. The van der Waals surface area contributed by atoms with Gasteiger partial charge in [-0.05, 0) is 48.6 Å². The first-order chi connectivity index (χ1) is 8.96. The fourth-order valence-electron chi connectivity index (χ4n) is 2.17. The molecule has 2 N–H and O–H groups in total. The van der Waals surface area contributed by atoms with Crippen LogP contribution in [-0.4, -0.2) is 20.7 Å². The zero-order valence-corrected chi connectivity index (χ0v) is 12.4. The molecule has 0 fully saturated rings. The van der Waals surface area contributed by atoms with Crippen molar-refractivity contribution < 1.29 is 8.42 Å². The molecular weight excluding hydrogens is 260 g/mol. The summed E-state index contributed by atoms with van der Waals surface area (Å²) in [6, 6.07) is 5.82. The van der Waals surface area contributed by atoms with E-state index in [2.05, 4.69) is 10.0 Å². The van der Waals surface area contributed by atoms with Crippen LogP contribution in [0.1, 0.15) is 31.4 Å². The lowest BCUT2D eigenvalue weighted by Crippen LogP contribution is -2.24. The van der Waals surface area contributed by atoms with Gasteiger partial charge in [0.05, 0.1) is 5.75 Å². The SMILES string of the molecule is CC(C)CCS(=O)(=O)Nc1ccc2c(c1)CNCC2. The number of nitrogens with one attached hydrogen (secondary N) is 2. The summed E-state index contributed by atoms with van der Waals surface area (Å²) in [5.74, 6) is 0.573. The summed E-state index contributed by atoms with van der Waals surface area (Å²) in [4.78, 5) is 0. The van der Waals surface area contributed by atoms with E-state index in [-0.39, 0.29) is 5.75 Å². The van der Waals surface area contributed by atoms with Crippen molar-refractivity contribution in [2.24, 2.45) is 5.92 Å². The lowest BCUT2D eigenvalue weighted by atomic mass is 10.0. The third-order valence-corrected chi connectivity index (χ3v) is 4.65. The molecule has 0 saturated heterocycles. The highest BCUT2D eigenvalue weighted by Crippen LogP contribution is 2.20. The Morgan fingerprint density at radius 2 is 2.11 bits per heavy atom. The van der Waals surface area contributed by atoms with E-state index in [1.165, 1.54) is 11.1 Å². The molecule has 0 amide bonds. The molecule has 0 bridgehead atoms. The fourth-order valence-corrected chi connectivity index (χ4v) is 3.54. The molecule has 1 aromatic rings. The maximum Gasteiger partial charge on any atom is 0.232 e. The minimum absolute atomic E-state index is 0.181. The Morgan fingerprint density at radius 3 is 2.84 bits per heavy atom. The minimum atomic E-state index is -3.23. The van der Waals surface area contributed by atoms with Crippen molar-refractivity contribution in [2.45, 2.75) is 33.2 Å². The van der Waals surface area contributed by atoms with Gasteiger partial charge in [-0.25, -0.2) is 8.42 Å². The van der Waals surface area contributed by atoms with Crippen LogP contribution in [-0.2, 0) is 23.0 Å². The first-order valence-corrected chi connectivity index (χ1v) is 8.44. The normalized spacial score (nSPS) is 15.3. The maximum absolute atomic E-state index is 11.9. The molecule has 1 heterocycles. The molecule has 0 radical (unpaired) electrons. The van der Waals surface area contributed by atoms with Gasteiger partial charge in [-0.2, -0.15) is 0 Å². The summed E-state index contributed by atoms with van der Waals surface area (Å²) in [5, 5.41) is 3.29. The van der Waals surface area contributed by atoms with E-state index in [1.807, 2.05) is 32.0 Å². The number of fused-ring (bicyclic) bond motifs is 1. The van der Waals surface area contributed by atoms with Gasteiger partial charge in [0.15, 0.2) is 0 Å². The Bertz CT molecular complexity index is 538. The van der Waals surface area contributed by atoms with Crippen LogP contribution < -0.4 is 10.0 Å². The maximum atomic E-state index is 11.9. The second kappa shape index (κ2) is 5.92. The van der Waals surface area contributed by atoms with Crippen LogP contribution in [0.2, 0.25) is 0 Å². The standard InChI is InChI=1S/C14H22N2O2S/c1-11(2)6-8-19(17,18)16-14-4-3-12-5-7-15-10-13(12)9-14/h3-4,9,11,15-16H,5-8,10H2,1-2H3. The molecule has 0 aliphatic carbocycles. The summed E-state index contributed by atoms with van der Waals surface area (Å²) in [6.07, 6.45) is 1.69. The first kappa shape index (κ1) is 14.3. The van der Waals surface area contributed by atoms with Crippen LogP contribution in [0.4, 0.5) is 5.69 Å². The molecule has 19 heavy (non-hydrogen) atoms. The molecule has 1 aliphatic rings. The van der Waals surface area contributed by atoms with Gasteiger partial charge in [-0.3, -0.25) is 4.72 Å². The van der Waals surface area contributed by atoms with Crippen LogP contribution >= 0.6 is 0 Å². The van der Waals surface area contributed by atoms with Gasteiger partial charge in [0, 0.05) is 12.2 Å². The predicted molar refractivity (Wildman–Crippen MR) is 78.7 cm³/mol. The highest BCUT2D eigenvalue weighted by Gasteiger charge is 2.14. The van der Waals surface area contributed by atoms with E-state index in [9.17, 15) is 8.42 Å². The summed E-state index contributed by atoms with van der Waals surface area (Å²) in [7, 11) is -3.23. The summed E-state index contributed by atoms with van der Waals surface area (Å²) >= 11 is 0. The van der Waals surface area contributed by atoms with Crippen molar-refractivity contribution in [3.8, 4) is 0 Å². The lowest BCUT2D eigenvalue weighted by Gasteiger charge is -2.18. The molecule has 0 aromatic heterocycles. The quantitative estimate of drug-likeness (QED) is 0.869. The van der Waals surface area contributed by atoms with Crippen LogP contribution in [0.5, 0.6) is 0 Å². The summed E-state index contributed by atoms with van der Waals surface area (Å²) in [5.41, 5.74) is 3.17. The molecule has 0 saturated carbocycles. The van der Waals surface area contributed by atoms with Crippen molar-refractivity contribution in [3.63, 3.8) is 0 Å². The third kappa shape index (κ3) is 4.21. The van der Waals surface area contributed by atoms with Gasteiger partial charge in [0.1, 0.15) is 0 Å². The number of benzene rings is 1. The zero-order chi connectivity index (χ0) is 13.9. The number of sulfonamides is 1. The molecule has 5 heteroatoms. The predicted octanol–water partition coefficient (Wildman–Crippen LogP) is 2.12. The number of hydrogen-bond acceptors (Lipinski definition) is 3. The molecule has 2 rings (SSSR count). The van der Waals surface area contributed by atoms with Crippen molar-refractivity contribution in [1.29, 1.82) is 0 Å². The van der Waals surface area contributed by atoms with Gasteiger partial charge < -0.3 is 5.32 Å². The minimum Gasteiger partial charge on any atom is -0.312 e. The molecule has 0 atom stereocenters. The van der Waals surface area contributed by atoms with Gasteiger partial charge >= 0.3 is 0 Å². The van der Waals surface area contributed by atoms with Crippen molar-refractivity contribution in [1.82, 2.24) is 5.32 Å². The number of anilines is 1. The van der Waals surface area contributed by atoms with Gasteiger partial charge in [0.2, 0.25) is 10.0 Å². The van der Waals surface area contributed by atoms with Crippen LogP contribution in [0.15, 0.2) is 18.2 Å². The van der Waals surface area contributed by atoms with Crippen molar-refractivity contribution in [3.05, 3.63) is 29.3 Å². The monoisotopic (exact) mass is 282 g/mol. The summed E-state index contributed by atoms with van der Waals surface area (Å²) < 4.78 is 26.6. The highest BCUT2D eigenvalue weighted by molar-refractivity contribution is 7.92. The van der Waals surface area contributed by atoms with E-state index in [0.29, 0.717) is 18.0 Å². The second-order valence-corrected chi connectivity index (χ2v) is 7.36. The fraction of sp³-hybridized carbons (Fsp3) is 0.571. The van der Waals surface area contributed by atoms with E-state index >= 15 is 0 Å². The number of rotatable bonds is 5. The zero-order valence-electron chi connectivity index (χ0n) is 11.6. The van der Waals surface area contributed by atoms with Crippen LogP contribution in [0.3, 0.4) is 0 Å². The Balaban J connectivity index is 2.06. The molecule has 1 aliphatic heterocycles. The van der Waals surface area contributed by atoms with E-state index < -0.39 is 10.0 Å². The molecule has 1 aromatic carbocycles. The number of hydrogen-bond donors (Lipinski definition) is 2. The Labute approximate surface area is 115 Å². The van der Waals surface area contributed by atoms with Crippen molar-refractivity contribution >= 4 is 15.7 Å². The lowest BCUT2D eigenvalue weighted by molar-refractivity contribution is 0.578. The van der Waals surface area contributed by atoms with Gasteiger partial charge in [-0.1, -0.05) is 19.9 Å². The van der Waals surface area contributed by atoms with E-state index in [1.54, 1.807) is 0 Å². The largest absolute Gasteiger partial charge is 0.312 e. The molecule has 4 nitrogen and oxygen atoms in total. The van der Waals surface area contributed by atoms with Crippen LogP contribution in [0, 0.1) is 5.92 Å². The highest BCUT2D eigenvalue weighted by atomic mass is 32.2. The Kier molecular flexibility index (Phi) is 4.47. The van der Waals surface area contributed by atoms with E-state index in [0.717, 1.165) is 19.5 Å².